The molecule has 1 amide bonds. The van der Waals surface area contributed by atoms with Crippen molar-refractivity contribution in [1.29, 1.82) is 0 Å². The van der Waals surface area contributed by atoms with Gasteiger partial charge in [-0.2, -0.15) is 0 Å². The normalized spacial score (nSPS) is 16.1. The van der Waals surface area contributed by atoms with E-state index in [0.29, 0.717) is 26.1 Å². The quantitative estimate of drug-likeness (QED) is 0.667. The van der Waals surface area contributed by atoms with E-state index in [9.17, 15) is 19.3 Å². The highest BCUT2D eigenvalue weighted by molar-refractivity contribution is 5.98. The number of hydrogen-bond acceptors (Lipinski definition) is 4. The smallest absolute Gasteiger partial charge is 0.285 e. The number of nitrogens with one attached hydrogen (secondary N) is 1. The number of nitro benzene ring substituents is 1. The Hall–Kier alpha value is -2.02. The zero-order valence-corrected chi connectivity index (χ0v) is 10.1. The first kappa shape index (κ1) is 13.4. The van der Waals surface area contributed by atoms with E-state index in [1.54, 1.807) is 0 Å². The predicted octanol–water partition coefficient (Wildman–Crippen LogP) is 1.64. The third kappa shape index (κ3) is 3.25. The maximum absolute atomic E-state index is 13.0. The van der Waals surface area contributed by atoms with Gasteiger partial charge in [-0.1, -0.05) is 0 Å². The van der Waals surface area contributed by atoms with Crippen molar-refractivity contribution in [2.24, 2.45) is 0 Å². The Bertz CT molecular complexity index is 501. The summed E-state index contributed by atoms with van der Waals surface area (Å²) in [5, 5.41) is 13.5. The molecule has 0 radical (unpaired) electrons. The van der Waals surface area contributed by atoms with Crippen molar-refractivity contribution in [2.45, 2.75) is 18.9 Å². The Kier molecular flexibility index (Phi) is 4.06. The van der Waals surface area contributed by atoms with Crippen LogP contribution < -0.4 is 5.32 Å². The predicted molar refractivity (Wildman–Crippen MR) is 64.4 cm³/mol. The SMILES string of the molecule is O=C(NC1CCOCC1)c1ccc(F)cc1[N+](=O)[O-]. The minimum absolute atomic E-state index is 0.0640. The summed E-state index contributed by atoms with van der Waals surface area (Å²) in [5.41, 5.74) is -0.651. The van der Waals surface area contributed by atoms with Crippen LogP contribution in [0.15, 0.2) is 18.2 Å². The van der Waals surface area contributed by atoms with Gasteiger partial charge in [0.2, 0.25) is 0 Å². The zero-order valence-electron chi connectivity index (χ0n) is 10.1. The number of halogens is 1. The maximum Gasteiger partial charge on any atom is 0.285 e. The van der Waals surface area contributed by atoms with Crippen LogP contribution in [-0.2, 0) is 4.74 Å². The van der Waals surface area contributed by atoms with Crippen LogP contribution in [0.25, 0.3) is 0 Å². The number of rotatable bonds is 3. The Morgan fingerprint density at radius 2 is 2.11 bits per heavy atom. The van der Waals surface area contributed by atoms with Crippen LogP contribution >= 0.6 is 0 Å². The van der Waals surface area contributed by atoms with Crippen molar-refractivity contribution < 1.29 is 18.8 Å². The van der Waals surface area contributed by atoms with E-state index < -0.39 is 22.3 Å². The van der Waals surface area contributed by atoms with Gasteiger partial charge in [-0.05, 0) is 25.0 Å². The van der Waals surface area contributed by atoms with Crippen LogP contribution in [0, 0.1) is 15.9 Å². The minimum atomic E-state index is -0.762. The second kappa shape index (κ2) is 5.75. The van der Waals surface area contributed by atoms with E-state index in [1.807, 2.05) is 0 Å². The molecule has 0 saturated carbocycles. The lowest BCUT2D eigenvalue weighted by Gasteiger charge is -2.23. The largest absolute Gasteiger partial charge is 0.381 e. The molecule has 1 heterocycles. The van der Waals surface area contributed by atoms with Crippen LogP contribution in [-0.4, -0.2) is 30.1 Å². The number of ether oxygens (including phenoxy) is 1. The molecule has 1 aliphatic rings. The van der Waals surface area contributed by atoms with Crippen molar-refractivity contribution >= 4 is 11.6 Å². The molecule has 1 aliphatic heterocycles. The molecule has 0 aromatic heterocycles. The molecule has 1 aromatic rings. The standard InChI is InChI=1S/C12H13FN2O4/c13-8-1-2-10(11(7-8)15(17)18)12(16)14-9-3-5-19-6-4-9/h1-2,7,9H,3-6H2,(H,14,16). The summed E-state index contributed by atoms with van der Waals surface area (Å²) in [6.45, 7) is 1.10. The zero-order chi connectivity index (χ0) is 13.8. The van der Waals surface area contributed by atoms with Crippen LogP contribution in [0.5, 0.6) is 0 Å². The Morgan fingerprint density at radius 3 is 2.74 bits per heavy atom. The lowest BCUT2D eigenvalue weighted by atomic mass is 10.1. The average molecular weight is 268 g/mol. The highest BCUT2D eigenvalue weighted by Crippen LogP contribution is 2.20. The van der Waals surface area contributed by atoms with Gasteiger partial charge in [0, 0.05) is 19.3 Å². The number of nitro groups is 1. The van der Waals surface area contributed by atoms with Gasteiger partial charge in [0.25, 0.3) is 11.6 Å². The van der Waals surface area contributed by atoms with Gasteiger partial charge in [0.1, 0.15) is 11.4 Å². The highest BCUT2D eigenvalue weighted by Gasteiger charge is 2.23. The fraction of sp³-hybridized carbons (Fsp3) is 0.417. The maximum atomic E-state index is 13.0. The summed E-state index contributed by atoms with van der Waals surface area (Å²) in [6.07, 6.45) is 1.33. The molecule has 1 saturated heterocycles. The Morgan fingerprint density at radius 1 is 1.42 bits per heavy atom. The van der Waals surface area contributed by atoms with E-state index in [-0.39, 0.29) is 11.6 Å². The van der Waals surface area contributed by atoms with Gasteiger partial charge in [0.05, 0.1) is 11.0 Å². The molecule has 102 valence electrons. The van der Waals surface area contributed by atoms with Crippen molar-refractivity contribution in [3.63, 3.8) is 0 Å². The van der Waals surface area contributed by atoms with Gasteiger partial charge in [-0.15, -0.1) is 0 Å². The number of amides is 1. The van der Waals surface area contributed by atoms with E-state index in [0.717, 1.165) is 18.2 Å². The molecule has 0 aliphatic carbocycles. The fourth-order valence-electron chi connectivity index (χ4n) is 1.95. The molecule has 6 nitrogen and oxygen atoms in total. The van der Waals surface area contributed by atoms with E-state index >= 15 is 0 Å². The van der Waals surface area contributed by atoms with Crippen molar-refractivity contribution in [3.05, 3.63) is 39.7 Å². The third-order valence-electron chi connectivity index (χ3n) is 2.96. The van der Waals surface area contributed by atoms with Crippen molar-refractivity contribution in [3.8, 4) is 0 Å². The number of carbonyl (C=O) groups is 1. The fourth-order valence-corrected chi connectivity index (χ4v) is 1.95. The Labute approximate surface area is 108 Å². The van der Waals surface area contributed by atoms with Gasteiger partial charge in [-0.25, -0.2) is 4.39 Å². The first-order chi connectivity index (χ1) is 9.08. The number of hydrogen-bond donors (Lipinski definition) is 1. The van der Waals surface area contributed by atoms with Crippen molar-refractivity contribution in [1.82, 2.24) is 5.32 Å². The molecule has 1 fully saturated rings. The third-order valence-corrected chi connectivity index (χ3v) is 2.96. The average Bonchev–Trinajstić information content (AvgIpc) is 2.39. The van der Waals surface area contributed by atoms with E-state index in [1.165, 1.54) is 0 Å². The summed E-state index contributed by atoms with van der Waals surface area (Å²) in [6, 6.07) is 2.85. The minimum Gasteiger partial charge on any atom is -0.381 e. The van der Waals surface area contributed by atoms with Gasteiger partial charge in [-0.3, -0.25) is 14.9 Å². The molecule has 0 spiro atoms. The molecule has 19 heavy (non-hydrogen) atoms. The molecule has 0 atom stereocenters. The topological polar surface area (TPSA) is 81.5 Å². The van der Waals surface area contributed by atoms with Crippen molar-refractivity contribution in [2.75, 3.05) is 13.2 Å². The summed E-state index contributed by atoms with van der Waals surface area (Å²) in [4.78, 5) is 22.0. The van der Waals surface area contributed by atoms with Crippen LogP contribution in [0.4, 0.5) is 10.1 Å². The van der Waals surface area contributed by atoms with E-state index in [2.05, 4.69) is 5.32 Å². The van der Waals surface area contributed by atoms with Gasteiger partial charge in [0.15, 0.2) is 0 Å². The number of carbonyl (C=O) groups excluding carboxylic acids is 1. The first-order valence-electron chi connectivity index (χ1n) is 5.90. The monoisotopic (exact) mass is 268 g/mol. The summed E-state index contributed by atoms with van der Waals surface area (Å²) >= 11 is 0. The summed E-state index contributed by atoms with van der Waals surface area (Å²) in [7, 11) is 0. The second-order valence-electron chi connectivity index (χ2n) is 4.28. The van der Waals surface area contributed by atoms with Crippen LogP contribution in [0.3, 0.4) is 0 Å². The summed E-state index contributed by atoms with van der Waals surface area (Å²) in [5.74, 6) is -1.30. The lowest BCUT2D eigenvalue weighted by molar-refractivity contribution is -0.385. The summed E-state index contributed by atoms with van der Waals surface area (Å²) < 4.78 is 18.1. The molecular formula is C12H13FN2O4. The molecule has 1 aromatic carbocycles. The molecule has 1 N–H and O–H groups in total. The van der Waals surface area contributed by atoms with Crippen LogP contribution in [0.1, 0.15) is 23.2 Å². The molecule has 0 bridgehead atoms. The second-order valence-corrected chi connectivity index (χ2v) is 4.28. The highest BCUT2D eigenvalue weighted by atomic mass is 19.1. The van der Waals surface area contributed by atoms with Crippen LogP contribution in [0.2, 0.25) is 0 Å². The van der Waals surface area contributed by atoms with Gasteiger partial charge < -0.3 is 10.1 Å². The number of benzene rings is 1. The number of nitrogens with zero attached hydrogens (tertiary/aromatic N) is 1. The van der Waals surface area contributed by atoms with E-state index in [4.69, 9.17) is 4.74 Å². The molecule has 2 rings (SSSR count). The first-order valence-corrected chi connectivity index (χ1v) is 5.90. The molecular weight excluding hydrogens is 255 g/mol. The molecule has 0 unspecified atom stereocenters. The molecule has 7 heteroatoms. The Balaban J connectivity index is 2.16. The lowest BCUT2D eigenvalue weighted by Crippen LogP contribution is -2.39. The van der Waals surface area contributed by atoms with Gasteiger partial charge >= 0.3 is 0 Å².